The van der Waals surface area contributed by atoms with Crippen molar-refractivity contribution in [1.29, 1.82) is 0 Å². The highest BCUT2D eigenvalue weighted by Gasteiger charge is 2.41. The Labute approximate surface area is 173 Å². The fourth-order valence-electron chi connectivity index (χ4n) is 4.26. The molecule has 0 bridgehead atoms. The number of morpholine rings is 1. The summed E-state index contributed by atoms with van der Waals surface area (Å²) in [7, 11) is 0. The van der Waals surface area contributed by atoms with Crippen molar-refractivity contribution in [3.05, 3.63) is 71.3 Å². The summed E-state index contributed by atoms with van der Waals surface area (Å²) < 4.78 is 11.0. The molecule has 4 rings (SSSR count). The van der Waals surface area contributed by atoms with Gasteiger partial charge in [-0.05, 0) is 29.5 Å². The van der Waals surface area contributed by atoms with Gasteiger partial charge in [0.2, 0.25) is 5.91 Å². The van der Waals surface area contributed by atoms with Gasteiger partial charge >= 0.3 is 0 Å². The van der Waals surface area contributed by atoms with Crippen LogP contribution in [0.1, 0.15) is 29.5 Å². The molecule has 0 aromatic heterocycles. The van der Waals surface area contributed by atoms with Crippen LogP contribution >= 0.6 is 0 Å². The van der Waals surface area contributed by atoms with Gasteiger partial charge in [-0.15, -0.1) is 0 Å². The molecule has 5 nitrogen and oxygen atoms in total. The number of rotatable bonds is 6. The third-order valence-electron chi connectivity index (χ3n) is 6.09. The molecule has 2 aliphatic heterocycles. The van der Waals surface area contributed by atoms with Gasteiger partial charge in [-0.25, -0.2) is 0 Å². The van der Waals surface area contributed by atoms with Crippen molar-refractivity contribution >= 4 is 5.91 Å². The van der Waals surface area contributed by atoms with Crippen molar-refractivity contribution < 1.29 is 14.3 Å². The minimum absolute atomic E-state index is 0.101. The largest absolute Gasteiger partial charge is 0.381 e. The lowest BCUT2D eigenvalue weighted by atomic mass is 9.73. The monoisotopic (exact) mass is 394 g/mol. The summed E-state index contributed by atoms with van der Waals surface area (Å²) in [6.07, 6.45) is 1.45. The highest BCUT2D eigenvalue weighted by molar-refractivity contribution is 5.88. The lowest BCUT2D eigenvalue weighted by molar-refractivity contribution is -0.130. The van der Waals surface area contributed by atoms with Crippen molar-refractivity contribution in [3.63, 3.8) is 0 Å². The molecule has 2 aromatic rings. The Morgan fingerprint density at radius 3 is 2.17 bits per heavy atom. The molecule has 0 aliphatic carbocycles. The zero-order valence-corrected chi connectivity index (χ0v) is 16.9. The summed E-state index contributed by atoms with van der Waals surface area (Å²) in [5, 5.41) is 3.19. The van der Waals surface area contributed by atoms with E-state index in [4.69, 9.17) is 9.47 Å². The lowest BCUT2D eigenvalue weighted by Gasteiger charge is -2.36. The first-order valence-electron chi connectivity index (χ1n) is 10.6. The molecule has 1 N–H and O–H groups in total. The predicted molar refractivity (Wildman–Crippen MR) is 113 cm³/mol. The van der Waals surface area contributed by atoms with Crippen molar-refractivity contribution in [1.82, 2.24) is 10.2 Å². The smallest absolute Gasteiger partial charge is 0.231 e. The van der Waals surface area contributed by atoms with Gasteiger partial charge in [0.05, 0.1) is 18.6 Å². The van der Waals surface area contributed by atoms with Gasteiger partial charge in [-0.3, -0.25) is 9.69 Å². The van der Waals surface area contributed by atoms with E-state index >= 15 is 0 Å². The number of hydrogen-bond donors (Lipinski definition) is 1. The molecule has 1 amide bonds. The van der Waals surface area contributed by atoms with Crippen molar-refractivity contribution in [2.75, 3.05) is 39.5 Å². The maximum Gasteiger partial charge on any atom is 0.231 e. The second kappa shape index (κ2) is 9.53. The van der Waals surface area contributed by atoms with E-state index in [1.54, 1.807) is 0 Å². The van der Waals surface area contributed by atoms with Crippen LogP contribution in [0.25, 0.3) is 0 Å². The van der Waals surface area contributed by atoms with E-state index in [2.05, 4.69) is 46.6 Å². The summed E-state index contributed by atoms with van der Waals surface area (Å²) in [4.78, 5) is 15.7. The number of ether oxygens (including phenoxy) is 2. The first-order chi connectivity index (χ1) is 14.3. The Balaban J connectivity index is 1.37. The van der Waals surface area contributed by atoms with Crippen LogP contribution in [0.4, 0.5) is 0 Å². The van der Waals surface area contributed by atoms with Crippen LogP contribution in [0.2, 0.25) is 0 Å². The molecule has 2 aromatic carbocycles. The topological polar surface area (TPSA) is 50.8 Å². The number of nitrogens with one attached hydrogen (secondary N) is 1. The van der Waals surface area contributed by atoms with E-state index in [1.807, 2.05) is 18.2 Å². The van der Waals surface area contributed by atoms with E-state index in [9.17, 15) is 4.79 Å². The summed E-state index contributed by atoms with van der Waals surface area (Å²) in [6.45, 7) is 6.36. The summed E-state index contributed by atoms with van der Waals surface area (Å²) in [6, 6.07) is 18.7. The van der Waals surface area contributed by atoms with Gasteiger partial charge in [0, 0.05) is 39.4 Å². The van der Waals surface area contributed by atoms with E-state index in [0.717, 1.165) is 56.8 Å². The first-order valence-corrected chi connectivity index (χ1v) is 10.6. The molecule has 0 spiro atoms. The van der Waals surface area contributed by atoms with Crippen LogP contribution in [0.5, 0.6) is 0 Å². The summed E-state index contributed by atoms with van der Waals surface area (Å²) in [5.41, 5.74) is 3.02. The molecule has 154 valence electrons. The Morgan fingerprint density at radius 1 is 0.862 bits per heavy atom. The average molecular weight is 395 g/mol. The maximum absolute atomic E-state index is 13.2. The Morgan fingerprint density at radius 2 is 1.48 bits per heavy atom. The average Bonchev–Trinajstić information content (AvgIpc) is 2.80. The van der Waals surface area contributed by atoms with E-state index in [-0.39, 0.29) is 5.91 Å². The standard InChI is InChI=1S/C24H30N2O3/c27-23(24(10-14-28-15-11-24)22-4-2-1-3-5-22)25-18-20-6-8-21(9-7-20)19-26-12-16-29-17-13-26/h1-9H,10-19H2,(H,25,27). The number of benzene rings is 2. The van der Waals surface area contributed by atoms with Gasteiger partial charge in [-0.1, -0.05) is 54.6 Å². The number of carbonyl (C=O) groups excluding carboxylic acids is 1. The number of amides is 1. The number of carbonyl (C=O) groups is 1. The van der Waals surface area contributed by atoms with Gasteiger partial charge < -0.3 is 14.8 Å². The summed E-state index contributed by atoms with van der Waals surface area (Å²) in [5.74, 6) is 0.101. The zero-order chi connectivity index (χ0) is 19.9. The van der Waals surface area contributed by atoms with Crippen molar-refractivity contribution in [2.45, 2.75) is 31.3 Å². The SMILES string of the molecule is O=C(NCc1ccc(CN2CCOCC2)cc1)C1(c2ccccc2)CCOCC1. The molecule has 2 aliphatic rings. The Hall–Kier alpha value is -2.21. The molecule has 0 atom stereocenters. The van der Waals surface area contributed by atoms with Crippen molar-refractivity contribution in [2.24, 2.45) is 0 Å². The highest BCUT2D eigenvalue weighted by atomic mass is 16.5. The third-order valence-corrected chi connectivity index (χ3v) is 6.09. The van der Waals surface area contributed by atoms with Crippen LogP contribution in [-0.4, -0.2) is 50.3 Å². The molecule has 0 saturated carbocycles. The van der Waals surface area contributed by atoms with E-state index in [0.29, 0.717) is 19.8 Å². The molecule has 0 unspecified atom stereocenters. The van der Waals surface area contributed by atoms with Gasteiger partial charge in [0.25, 0.3) is 0 Å². The van der Waals surface area contributed by atoms with Crippen LogP contribution < -0.4 is 5.32 Å². The van der Waals surface area contributed by atoms with Gasteiger partial charge in [0.1, 0.15) is 0 Å². The quantitative estimate of drug-likeness (QED) is 0.819. The second-order valence-electron chi connectivity index (χ2n) is 7.95. The summed E-state index contributed by atoms with van der Waals surface area (Å²) >= 11 is 0. The van der Waals surface area contributed by atoms with E-state index < -0.39 is 5.41 Å². The van der Waals surface area contributed by atoms with Crippen molar-refractivity contribution in [3.8, 4) is 0 Å². The van der Waals surface area contributed by atoms with E-state index in [1.165, 1.54) is 5.56 Å². The Kier molecular flexibility index (Phi) is 6.60. The maximum atomic E-state index is 13.2. The molecule has 2 fully saturated rings. The predicted octanol–water partition coefficient (Wildman–Crippen LogP) is 2.88. The lowest BCUT2D eigenvalue weighted by Crippen LogP contribution is -2.47. The Bertz CT molecular complexity index is 780. The molecule has 2 heterocycles. The second-order valence-corrected chi connectivity index (χ2v) is 7.95. The molecule has 29 heavy (non-hydrogen) atoms. The van der Waals surface area contributed by atoms with Crippen LogP contribution in [0.3, 0.4) is 0 Å². The zero-order valence-electron chi connectivity index (χ0n) is 16.9. The molecule has 0 radical (unpaired) electrons. The molecule has 5 heteroatoms. The number of nitrogens with zero attached hydrogens (tertiary/aromatic N) is 1. The first kappa shape index (κ1) is 20.1. The fraction of sp³-hybridized carbons (Fsp3) is 0.458. The minimum atomic E-state index is -0.490. The van der Waals surface area contributed by atoms with Crippen LogP contribution in [0, 0.1) is 0 Å². The van der Waals surface area contributed by atoms with Gasteiger partial charge in [0.15, 0.2) is 0 Å². The minimum Gasteiger partial charge on any atom is -0.381 e. The fourth-order valence-corrected chi connectivity index (χ4v) is 4.26. The molecular weight excluding hydrogens is 364 g/mol. The van der Waals surface area contributed by atoms with Crippen LogP contribution in [-0.2, 0) is 32.8 Å². The molecular formula is C24H30N2O3. The third kappa shape index (κ3) is 4.86. The highest BCUT2D eigenvalue weighted by Crippen LogP contribution is 2.35. The van der Waals surface area contributed by atoms with Gasteiger partial charge in [-0.2, -0.15) is 0 Å². The number of hydrogen-bond acceptors (Lipinski definition) is 4. The normalized spacial score (nSPS) is 19.6. The van der Waals surface area contributed by atoms with Crippen LogP contribution in [0.15, 0.2) is 54.6 Å². The molecule has 2 saturated heterocycles.